The van der Waals surface area contributed by atoms with Crippen molar-refractivity contribution in [3.63, 3.8) is 0 Å². The van der Waals surface area contributed by atoms with E-state index >= 15 is 0 Å². The van der Waals surface area contributed by atoms with Gasteiger partial charge in [-0.3, -0.25) is 9.88 Å². The van der Waals surface area contributed by atoms with E-state index in [0.717, 1.165) is 18.0 Å². The summed E-state index contributed by atoms with van der Waals surface area (Å²) in [5, 5.41) is 0. The highest BCUT2D eigenvalue weighted by molar-refractivity contribution is 5.22. The standard InChI is InChI=1S/C12H16N2/c1-14-10-4-5-12(14)11(7-10)9-3-2-6-13-8-9/h2-3,6,8,10-12H,4-5,7H2,1H3/t10?,11-,12+/m0/s1. The summed E-state index contributed by atoms with van der Waals surface area (Å²) in [5.74, 6) is 0.743. The molecule has 0 aliphatic carbocycles. The Bertz CT molecular complexity index is 322. The Kier molecular flexibility index (Phi) is 1.84. The van der Waals surface area contributed by atoms with Gasteiger partial charge in [0, 0.05) is 30.4 Å². The summed E-state index contributed by atoms with van der Waals surface area (Å²) >= 11 is 0. The van der Waals surface area contributed by atoms with Crippen LogP contribution in [0.15, 0.2) is 24.5 Å². The molecule has 2 aliphatic rings. The molecule has 2 aliphatic heterocycles. The molecule has 0 spiro atoms. The van der Waals surface area contributed by atoms with Gasteiger partial charge < -0.3 is 0 Å². The van der Waals surface area contributed by atoms with Gasteiger partial charge in [0.25, 0.3) is 0 Å². The zero-order valence-electron chi connectivity index (χ0n) is 8.56. The zero-order chi connectivity index (χ0) is 9.54. The van der Waals surface area contributed by atoms with Crippen LogP contribution >= 0.6 is 0 Å². The number of hydrogen-bond acceptors (Lipinski definition) is 2. The van der Waals surface area contributed by atoms with Crippen LogP contribution in [-0.4, -0.2) is 29.0 Å². The first-order chi connectivity index (χ1) is 6.86. The number of hydrogen-bond donors (Lipinski definition) is 0. The summed E-state index contributed by atoms with van der Waals surface area (Å²) in [7, 11) is 2.28. The molecule has 1 unspecified atom stereocenters. The van der Waals surface area contributed by atoms with Gasteiger partial charge in [0.2, 0.25) is 0 Å². The lowest BCUT2D eigenvalue weighted by atomic mass is 9.85. The summed E-state index contributed by atoms with van der Waals surface area (Å²) in [4.78, 5) is 6.79. The molecule has 2 saturated heterocycles. The van der Waals surface area contributed by atoms with Crippen LogP contribution in [0, 0.1) is 0 Å². The maximum Gasteiger partial charge on any atom is 0.0303 e. The molecule has 2 nitrogen and oxygen atoms in total. The van der Waals surface area contributed by atoms with Crippen LogP contribution in [0.3, 0.4) is 0 Å². The monoisotopic (exact) mass is 188 g/mol. The maximum atomic E-state index is 4.22. The van der Waals surface area contributed by atoms with E-state index in [1.54, 1.807) is 0 Å². The quantitative estimate of drug-likeness (QED) is 0.670. The van der Waals surface area contributed by atoms with Crippen molar-refractivity contribution in [3.05, 3.63) is 30.1 Å². The molecule has 2 fully saturated rings. The Hall–Kier alpha value is -0.890. The zero-order valence-corrected chi connectivity index (χ0v) is 8.56. The number of pyridine rings is 1. The van der Waals surface area contributed by atoms with Crippen molar-refractivity contribution in [1.29, 1.82) is 0 Å². The van der Waals surface area contributed by atoms with Crippen LogP contribution in [-0.2, 0) is 0 Å². The summed E-state index contributed by atoms with van der Waals surface area (Å²) in [6.07, 6.45) is 8.02. The predicted octanol–water partition coefficient (Wildman–Crippen LogP) is 2.03. The highest BCUT2D eigenvalue weighted by Gasteiger charge is 2.44. The van der Waals surface area contributed by atoms with Crippen molar-refractivity contribution in [2.45, 2.75) is 37.3 Å². The molecule has 3 rings (SSSR count). The second-order valence-electron chi connectivity index (χ2n) is 4.59. The van der Waals surface area contributed by atoms with E-state index in [9.17, 15) is 0 Å². The Morgan fingerprint density at radius 2 is 2.36 bits per heavy atom. The van der Waals surface area contributed by atoms with E-state index in [1.165, 1.54) is 24.8 Å². The normalized spacial score (nSPS) is 36.5. The first kappa shape index (κ1) is 8.42. The molecular formula is C12H16N2. The van der Waals surface area contributed by atoms with Gasteiger partial charge in [-0.15, -0.1) is 0 Å². The molecule has 0 saturated carbocycles. The SMILES string of the molecule is CN1C2CC[C@@H]1[C@H](c1cccnc1)C2. The highest BCUT2D eigenvalue weighted by atomic mass is 15.2. The second-order valence-corrected chi connectivity index (χ2v) is 4.59. The smallest absolute Gasteiger partial charge is 0.0303 e. The van der Waals surface area contributed by atoms with Crippen LogP contribution in [0.4, 0.5) is 0 Å². The molecule has 74 valence electrons. The topological polar surface area (TPSA) is 16.1 Å². The number of nitrogens with zero attached hydrogens (tertiary/aromatic N) is 2. The van der Waals surface area contributed by atoms with Gasteiger partial charge >= 0.3 is 0 Å². The van der Waals surface area contributed by atoms with Gasteiger partial charge in [-0.1, -0.05) is 6.07 Å². The first-order valence-electron chi connectivity index (χ1n) is 5.48. The highest BCUT2D eigenvalue weighted by Crippen LogP contribution is 2.45. The number of likely N-dealkylation sites (N-methyl/N-ethyl adjacent to an activating group) is 1. The molecule has 3 heterocycles. The molecule has 0 N–H and O–H groups in total. The largest absolute Gasteiger partial charge is 0.300 e. The van der Waals surface area contributed by atoms with Gasteiger partial charge in [0.15, 0.2) is 0 Å². The molecule has 2 bridgehead atoms. The van der Waals surface area contributed by atoms with Crippen molar-refractivity contribution in [2.24, 2.45) is 0 Å². The molecule has 1 aromatic heterocycles. The van der Waals surface area contributed by atoms with E-state index in [2.05, 4.69) is 29.1 Å². The molecule has 14 heavy (non-hydrogen) atoms. The molecule has 0 radical (unpaired) electrons. The minimum atomic E-state index is 0.743. The molecule has 1 aromatic rings. The van der Waals surface area contributed by atoms with Gasteiger partial charge in [-0.2, -0.15) is 0 Å². The molecule has 2 heteroatoms. The Labute approximate surface area is 85.0 Å². The Morgan fingerprint density at radius 1 is 1.43 bits per heavy atom. The third kappa shape index (κ3) is 1.10. The lowest BCUT2D eigenvalue weighted by Crippen LogP contribution is -2.25. The van der Waals surface area contributed by atoms with Crippen molar-refractivity contribution in [1.82, 2.24) is 9.88 Å². The Balaban J connectivity index is 1.89. The maximum absolute atomic E-state index is 4.22. The summed E-state index contributed by atoms with van der Waals surface area (Å²) in [6.45, 7) is 0. The van der Waals surface area contributed by atoms with Crippen molar-refractivity contribution in [2.75, 3.05) is 7.05 Å². The summed E-state index contributed by atoms with van der Waals surface area (Å²) < 4.78 is 0. The van der Waals surface area contributed by atoms with E-state index in [4.69, 9.17) is 0 Å². The fourth-order valence-electron chi connectivity index (χ4n) is 3.21. The predicted molar refractivity (Wildman–Crippen MR) is 56.2 cm³/mol. The van der Waals surface area contributed by atoms with Crippen LogP contribution < -0.4 is 0 Å². The average Bonchev–Trinajstić information content (AvgIpc) is 2.76. The summed E-state index contributed by atoms with van der Waals surface area (Å²) in [6, 6.07) is 5.91. The molecule has 0 amide bonds. The van der Waals surface area contributed by atoms with Gasteiger partial charge in [-0.05, 0) is 37.9 Å². The van der Waals surface area contributed by atoms with Crippen LogP contribution in [0.5, 0.6) is 0 Å². The average molecular weight is 188 g/mol. The minimum absolute atomic E-state index is 0.743. The summed E-state index contributed by atoms with van der Waals surface area (Å²) in [5.41, 5.74) is 1.44. The molecular weight excluding hydrogens is 172 g/mol. The molecule has 0 aromatic carbocycles. The Morgan fingerprint density at radius 3 is 2.93 bits per heavy atom. The van der Waals surface area contributed by atoms with E-state index in [-0.39, 0.29) is 0 Å². The fraction of sp³-hybridized carbons (Fsp3) is 0.583. The van der Waals surface area contributed by atoms with Crippen LogP contribution in [0.25, 0.3) is 0 Å². The van der Waals surface area contributed by atoms with Crippen LogP contribution in [0.1, 0.15) is 30.7 Å². The van der Waals surface area contributed by atoms with Crippen molar-refractivity contribution >= 4 is 0 Å². The van der Waals surface area contributed by atoms with Gasteiger partial charge in [0.1, 0.15) is 0 Å². The van der Waals surface area contributed by atoms with E-state index in [1.807, 2.05) is 12.4 Å². The minimum Gasteiger partial charge on any atom is -0.300 e. The van der Waals surface area contributed by atoms with Gasteiger partial charge in [0.05, 0.1) is 0 Å². The van der Waals surface area contributed by atoms with Gasteiger partial charge in [-0.25, -0.2) is 0 Å². The van der Waals surface area contributed by atoms with Crippen LogP contribution in [0.2, 0.25) is 0 Å². The lowest BCUT2D eigenvalue weighted by molar-refractivity contribution is 0.307. The second kappa shape index (κ2) is 3.06. The third-order valence-corrected chi connectivity index (χ3v) is 4.00. The fourth-order valence-corrected chi connectivity index (χ4v) is 3.21. The van der Waals surface area contributed by atoms with E-state index < -0.39 is 0 Å². The van der Waals surface area contributed by atoms with E-state index in [0.29, 0.717) is 0 Å². The van der Waals surface area contributed by atoms with Crippen molar-refractivity contribution < 1.29 is 0 Å². The number of rotatable bonds is 1. The molecule has 3 atom stereocenters. The first-order valence-corrected chi connectivity index (χ1v) is 5.48. The van der Waals surface area contributed by atoms with Crippen molar-refractivity contribution in [3.8, 4) is 0 Å². The lowest BCUT2D eigenvalue weighted by Gasteiger charge is -2.21. The number of fused-ring (bicyclic) bond motifs is 2. The third-order valence-electron chi connectivity index (χ3n) is 4.00. The number of aromatic nitrogens is 1.